The Kier molecular flexibility index (Phi) is 7.45. The molecule has 1 atom stereocenters. The Morgan fingerprint density at radius 1 is 1.17 bits per heavy atom. The van der Waals surface area contributed by atoms with Crippen molar-refractivity contribution in [3.63, 3.8) is 0 Å². The predicted octanol–water partition coefficient (Wildman–Crippen LogP) is 3.36. The van der Waals surface area contributed by atoms with Crippen LogP contribution >= 0.6 is 0 Å². The van der Waals surface area contributed by atoms with Crippen LogP contribution in [0.1, 0.15) is 48.3 Å². The van der Waals surface area contributed by atoms with E-state index >= 15 is 0 Å². The van der Waals surface area contributed by atoms with Gasteiger partial charge in [-0.3, -0.25) is 9.69 Å². The molecule has 2 heterocycles. The summed E-state index contributed by atoms with van der Waals surface area (Å²) in [5.74, 6) is 0.510. The number of benzene rings is 1. The van der Waals surface area contributed by atoms with Crippen LogP contribution in [0.2, 0.25) is 0 Å². The fraction of sp³-hybridized carbons (Fsp3) is 0.565. The standard InChI is InChI=1S/C23H34N4O2/c1-5-19(6-2)22(26-11-13-29-14-12-26)16-24-23(28)20-15-25-27(18(20)4)21-10-8-7-9-17(21)3/h7-10,15,19,22H,5-6,11-14,16H2,1-4H3,(H,24,28). The minimum atomic E-state index is -0.0495. The van der Waals surface area contributed by atoms with Gasteiger partial charge in [0.25, 0.3) is 5.91 Å². The maximum atomic E-state index is 13.0. The lowest BCUT2D eigenvalue weighted by Gasteiger charge is -2.38. The first kappa shape index (κ1) is 21.5. The van der Waals surface area contributed by atoms with Crippen LogP contribution in [0.25, 0.3) is 5.69 Å². The first-order valence-corrected chi connectivity index (χ1v) is 10.8. The molecule has 1 fully saturated rings. The molecule has 0 aliphatic carbocycles. The van der Waals surface area contributed by atoms with E-state index in [0.717, 1.165) is 56.1 Å². The van der Waals surface area contributed by atoms with Crippen LogP contribution in [0, 0.1) is 19.8 Å². The smallest absolute Gasteiger partial charge is 0.254 e. The van der Waals surface area contributed by atoms with Crippen LogP contribution in [-0.4, -0.2) is 59.5 Å². The third kappa shape index (κ3) is 4.87. The number of hydrogen-bond acceptors (Lipinski definition) is 4. The van der Waals surface area contributed by atoms with Crippen molar-refractivity contribution in [3.8, 4) is 5.69 Å². The molecule has 3 rings (SSSR count). The largest absolute Gasteiger partial charge is 0.379 e. The van der Waals surface area contributed by atoms with Gasteiger partial charge < -0.3 is 10.1 Å². The Morgan fingerprint density at radius 3 is 2.52 bits per heavy atom. The molecule has 0 bridgehead atoms. The molecule has 0 saturated carbocycles. The molecule has 1 aromatic carbocycles. The summed E-state index contributed by atoms with van der Waals surface area (Å²) in [6, 6.07) is 8.42. The van der Waals surface area contributed by atoms with Crippen molar-refractivity contribution in [2.45, 2.75) is 46.6 Å². The van der Waals surface area contributed by atoms with E-state index in [0.29, 0.717) is 24.1 Å². The lowest BCUT2D eigenvalue weighted by Crippen LogP contribution is -2.52. The first-order chi connectivity index (χ1) is 14.1. The number of carbonyl (C=O) groups is 1. The number of aromatic nitrogens is 2. The predicted molar refractivity (Wildman–Crippen MR) is 116 cm³/mol. The second-order valence-corrected chi connectivity index (χ2v) is 7.84. The van der Waals surface area contributed by atoms with E-state index in [9.17, 15) is 4.79 Å². The molecule has 1 saturated heterocycles. The second-order valence-electron chi connectivity index (χ2n) is 7.84. The van der Waals surface area contributed by atoms with E-state index in [2.05, 4.69) is 42.2 Å². The maximum absolute atomic E-state index is 13.0. The molecule has 0 spiro atoms. The van der Waals surface area contributed by atoms with Gasteiger partial charge in [-0.15, -0.1) is 0 Å². The molecular weight excluding hydrogens is 364 g/mol. The molecule has 0 radical (unpaired) electrons. The van der Waals surface area contributed by atoms with Gasteiger partial charge in [-0.1, -0.05) is 44.9 Å². The highest BCUT2D eigenvalue weighted by atomic mass is 16.5. The average Bonchev–Trinajstić information content (AvgIpc) is 3.13. The third-order valence-electron chi connectivity index (χ3n) is 6.18. The first-order valence-electron chi connectivity index (χ1n) is 10.8. The van der Waals surface area contributed by atoms with Crippen molar-refractivity contribution in [1.82, 2.24) is 20.0 Å². The Morgan fingerprint density at radius 2 is 1.86 bits per heavy atom. The molecule has 1 unspecified atom stereocenters. The van der Waals surface area contributed by atoms with Gasteiger partial charge in [0.2, 0.25) is 0 Å². The molecule has 1 N–H and O–H groups in total. The summed E-state index contributed by atoms with van der Waals surface area (Å²) < 4.78 is 7.37. The van der Waals surface area contributed by atoms with Gasteiger partial charge in [0.15, 0.2) is 0 Å². The Hall–Kier alpha value is -2.18. The Labute approximate surface area is 174 Å². The van der Waals surface area contributed by atoms with Gasteiger partial charge in [-0.05, 0) is 31.4 Å². The van der Waals surface area contributed by atoms with Crippen LogP contribution in [0.4, 0.5) is 0 Å². The van der Waals surface area contributed by atoms with Crippen molar-refractivity contribution < 1.29 is 9.53 Å². The summed E-state index contributed by atoms with van der Waals surface area (Å²) in [7, 11) is 0. The van der Waals surface area contributed by atoms with Crippen molar-refractivity contribution in [2.75, 3.05) is 32.8 Å². The minimum Gasteiger partial charge on any atom is -0.379 e. The van der Waals surface area contributed by atoms with Gasteiger partial charge in [-0.2, -0.15) is 5.10 Å². The quantitative estimate of drug-likeness (QED) is 0.741. The molecule has 158 valence electrons. The molecule has 29 heavy (non-hydrogen) atoms. The van der Waals surface area contributed by atoms with Crippen LogP contribution in [0.15, 0.2) is 30.5 Å². The second kappa shape index (κ2) is 10.0. The van der Waals surface area contributed by atoms with E-state index in [1.165, 1.54) is 0 Å². The number of rotatable bonds is 8. The molecule has 1 amide bonds. The molecule has 1 aliphatic heterocycles. The molecule has 6 nitrogen and oxygen atoms in total. The summed E-state index contributed by atoms with van der Waals surface area (Å²) in [6.07, 6.45) is 3.90. The van der Waals surface area contributed by atoms with Crippen LogP contribution in [-0.2, 0) is 4.74 Å². The van der Waals surface area contributed by atoms with Crippen LogP contribution in [0.5, 0.6) is 0 Å². The van der Waals surface area contributed by atoms with Crippen molar-refractivity contribution in [1.29, 1.82) is 0 Å². The summed E-state index contributed by atoms with van der Waals surface area (Å²) in [4.78, 5) is 15.5. The highest BCUT2D eigenvalue weighted by molar-refractivity contribution is 5.95. The lowest BCUT2D eigenvalue weighted by molar-refractivity contribution is 0.00191. The zero-order valence-corrected chi connectivity index (χ0v) is 18.1. The zero-order chi connectivity index (χ0) is 20.8. The van der Waals surface area contributed by atoms with Gasteiger partial charge in [0.1, 0.15) is 0 Å². The average molecular weight is 399 g/mol. The molecule has 1 aliphatic rings. The SMILES string of the molecule is CCC(CC)C(CNC(=O)c1cnn(-c2ccccc2C)c1C)N1CCOCC1. The topological polar surface area (TPSA) is 59.4 Å². The number of hydrogen-bond donors (Lipinski definition) is 1. The third-order valence-corrected chi connectivity index (χ3v) is 6.18. The van der Waals surface area contributed by atoms with Gasteiger partial charge in [0.05, 0.1) is 36.4 Å². The summed E-state index contributed by atoms with van der Waals surface area (Å²) in [5, 5.41) is 7.67. The van der Waals surface area contributed by atoms with Gasteiger partial charge in [0, 0.05) is 25.7 Å². The van der Waals surface area contributed by atoms with Crippen molar-refractivity contribution in [2.24, 2.45) is 5.92 Å². The van der Waals surface area contributed by atoms with E-state index in [1.54, 1.807) is 6.20 Å². The fourth-order valence-electron chi connectivity index (χ4n) is 4.30. The fourth-order valence-corrected chi connectivity index (χ4v) is 4.30. The van der Waals surface area contributed by atoms with E-state index < -0.39 is 0 Å². The van der Waals surface area contributed by atoms with E-state index in [1.807, 2.05) is 29.8 Å². The number of carbonyl (C=O) groups excluding carboxylic acids is 1. The Balaban J connectivity index is 1.72. The van der Waals surface area contributed by atoms with Crippen LogP contribution in [0.3, 0.4) is 0 Å². The number of nitrogens with one attached hydrogen (secondary N) is 1. The molecule has 1 aromatic heterocycles. The highest BCUT2D eigenvalue weighted by Crippen LogP contribution is 2.21. The minimum absolute atomic E-state index is 0.0495. The number of ether oxygens (including phenoxy) is 1. The van der Waals surface area contributed by atoms with Gasteiger partial charge in [-0.25, -0.2) is 4.68 Å². The van der Waals surface area contributed by atoms with Gasteiger partial charge >= 0.3 is 0 Å². The van der Waals surface area contributed by atoms with Crippen molar-refractivity contribution in [3.05, 3.63) is 47.3 Å². The zero-order valence-electron chi connectivity index (χ0n) is 18.1. The normalized spacial score (nSPS) is 16.2. The van der Waals surface area contributed by atoms with E-state index in [-0.39, 0.29) is 5.91 Å². The van der Waals surface area contributed by atoms with E-state index in [4.69, 9.17) is 4.74 Å². The molecule has 2 aromatic rings. The van der Waals surface area contributed by atoms with Crippen LogP contribution < -0.4 is 5.32 Å². The summed E-state index contributed by atoms with van der Waals surface area (Å²) in [6.45, 7) is 12.5. The van der Waals surface area contributed by atoms with Crippen molar-refractivity contribution >= 4 is 5.91 Å². The number of amides is 1. The number of aryl methyl sites for hydroxylation is 1. The monoisotopic (exact) mass is 398 g/mol. The Bertz CT molecular complexity index is 807. The molecular formula is C23H34N4O2. The number of nitrogens with zero attached hydrogens (tertiary/aromatic N) is 3. The lowest BCUT2D eigenvalue weighted by atomic mass is 9.92. The highest BCUT2D eigenvalue weighted by Gasteiger charge is 2.28. The number of para-hydroxylation sites is 1. The number of morpholine rings is 1. The molecule has 6 heteroatoms. The summed E-state index contributed by atoms with van der Waals surface area (Å²) >= 11 is 0. The summed E-state index contributed by atoms with van der Waals surface area (Å²) in [5.41, 5.74) is 3.64. The maximum Gasteiger partial charge on any atom is 0.254 e.